The molecule has 0 radical (unpaired) electrons. The van der Waals surface area contributed by atoms with Crippen molar-refractivity contribution >= 4 is 28.8 Å². The molecule has 3 aromatic heterocycles. The van der Waals surface area contributed by atoms with Gasteiger partial charge >= 0.3 is 0 Å². The van der Waals surface area contributed by atoms with E-state index in [1.165, 1.54) is 11.3 Å². The van der Waals surface area contributed by atoms with Gasteiger partial charge in [-0.3, -0.25) is 14.0 Å². The molecule has 5 rings (SSSR count). The van der Waals surface area contributed by atoms with Gasteiger partial charge in [0.2, 0.25) is 0 Å². The number of aryl methyl sites for hydroxylation is 1. The van der Waals surface area contributed by atoms with Crippen LogP contribution in [0.4, 0.5) is 0 Å². The molecule has 4 aromatic rings. The summed E-state index contributed by atoms with van der Waals surface area (Å²) in [5, 5.41) is 10.3. The zero-order chi connectivity index (χ0) is 21.0. The van der Waals surface area contributed by atoms with Gasteiger partial charge in [-0.05, 0) is 55.0 Å². The summed E-state index contributed by atoms with van der Waals surface area (Å²) in [5.74, 6) is 0.798. The molecule has 1 aliphatic rings. The molecular formula is C22H22ClN5O2. The number of carbonyl (C=O) groups is 1. The molecule has 0 fully saturated rings. The van der Waals surface area contributed by atoms with Crippen LogP contribution in [0.2, 0.25) is 5.02 Å². The average molecular weight is 424 g/mol. The first-order valence-electron chi connectivity index (χ1n) is 10.1. The fourth-order valence-corrected chi connectivity index (χ4v) is 4.54. The fourth-order valence-electron chi connectivity index (χ4n) is 4.29. The van der Waals surface area contributed by atoms with Crippen molar-refractivity contribution in [2.24, 2.45) is 5.41 Å². The minimum atomic E-state index is 0.262. The minimum absolute atomic E-state index is 0.262. The minimum Gasteiger partial charge on any atom is -0.330 e. The SMILES string of the molecule is CCn1nc(-c2nc(-n3cc(Cl)c4cc(C=O)ccc43)no2)c2c1CC(C)(C)CC2. The van der Waals surface area contributed by atoms with Gasteiger partial charge < -0.3 is 4.52 Å². The Hall–Kier alpha value is -2.93. The number of rotatable bonds is 4. The van der Waals surface area contributed by atoms with Gasteiger partial charge in [0.25, 0.3) is 11.8 Å². The first kappa shape index (κ1) is 19.1. The average Bonchev–Trinajstić information content (AvgIpc) is 3.42. The molecule has 154 valence electrons. The van der Waals surface area contributed by atoms with Gasteiger partial charge in [0.15, 0.2) is 5.69 Å². The number of carbonyl (C=O) groups excluding carboxylic acids is 1. The zero-order valence-electron chi connectivity index (χ0n) is 17.1. The summed E-state index contributed by atoms with van der Waals surface area (Å²) in [6, 6.07) is 5.32. The largest absolute Gasteiger partial charge is 0.330 e. The summed E-state index contributed by atoms with van der Waals surface area (Å²) in [7, 11) is 0. The highest BCUT2D eigenvalue weighted by atomic mass is 35.5. The maximum absolute atomic E-state index is 11.1. The Kier molecular flexibility index (Phi) is 4.32. The molecule has 1 aliphatic carbocycles. The lowest BCUT2D eigenvalue weighted by molar-refractivity contribution is 0.112. The van der Waals surface area contributed by atoms with Gasteiger partial charge in [0.1, 0.15) is 6.29 Å². The van der Waals surface area contributed by atoms with Crippen molar-refractivity contribution in [3.8, 4) is 17.5 Å². The summed E-state index contributed by atoms with van der Waals surface area (Å²) in [6.45, 7) is 7.49. The Balaban J connectivity index is 1.59. The van der Waals surface area contributed by atoms with E-state index in [1.54, 1.807) is 22.9 Å². The molecule has 0 spiro atoms. The Morgan fingerprint density at radius 2 is 2.17 bits per heavy atom. The Bertz CT molecular complexity index is 1280. The lowest BCUT2D eigenvalue weighted by Gasteiger charge is -2.30. The third-order valence-electron chi connectivity index (χ3n) is 5.91. The molecule has 8 heteroatoms. The van der Waals surface area contributed by atoms with Crippen LogP contribution < -0.4 is 0 Å². The number of benzene rings is 1. The smallest absolute Gasteiger partial charge is 0.280 e. The van der Waals surface area contributed by atoms with Crippen molar-refractivity contribution in [3.63, 3.8) is 0 Å². The number of nitrogens with zero attached hydrogens (tertiary/aromatic N) is 5. The van der Waals surface area contributed by atoms with Crippen molar-refractivity contribution in [2.45, 2.75) is 46.6 Å². The van der Waals surface area contributed by atoms with E-state index in [1.807, 2.05) is 6.07 Å². The van der Waals surface area contributed by atoms with E-state index in [4.69, 9.17) is 21.2 Å². The molecule has 0 amide bonds. The van der Waals surface area contributed by atoms with Gasteiger partial charge in [-0.15, -0.1) is 0 Å². The van der Waals surface area contributed by atoms with Crippen LogP contribution in [0.25, 0.3) is 28.4 Å². The van der Waals surface area contributed by atoms with E-state index >= 15 is 0 Å². The van der Waals surface area contributed by atoms with Gasteiger partial charge in [-0.25, -0.2) is 0 Å². The molecule has 0 saturated heterocycles. The van der Waals surface area contributed by atoms with E-state index in [0.29, 0.717) is 22.4 Å². The second-order valence-electron chi connectivity index (χ2n) is 8.57. The monoisotopic (exact) mass is 423 g/mol. The number of aromatic nitrogens is 5. The Morgan fingerprint density at radius 1 is 1.33 bits per heavy atom. The topological polar surface area (TPSA) is 78.7 Å². The molecular weight excluding hydrogens is 402 g/mol. The van der Waals surface area contributed by atoms with E-state index < -0.39 is 0 Å². The number of hydrogen-bond acceptors (Lipinski definition) is 5. The number of hydrogen-bond donors (Lipinski definition) is 0. The van der Waals surface area contributed by atoms with Crippen LogP contribution in [0.15, 0.2) is 28.9 Å². The fraction of sp³-hybridized carbons (Fsp3) is 0.364. The Labute approximate surface area is 178 Å². The number of halogens is 1. The van der Waals surface area contributed by atoms with Crippen molar-refractivity contribution in [1.29, 1.82) is 0 Å². The molecule has 1 aromatic carbocycles. The maximum Gasteiger partial charge on any atom is 0.280 e. The lowest BCUT2D eigenvalue weighted by Crippen LogP contribution is -2.24. The summed E-state index contributed by atoms with van der Waals surface area (Å²) in [5.41, 5.74) is 4.87. The van der Waals surface area contributed by atoms with E-state index in [-0.39, 0.29) is 5.41 Å². The second-order valence-corrected chi connectivity index (χ2v) is 8.98. The van der Waals surface area contributed by atoms with Crippen LogP contribution in [0.1, 0.15) is 48.8 Å². The van der Waals surface area contributed by atoms with Gasteiger partial charge in [0, 0.05) is 34.9 Å². The molecule has 0 aliphatic heterocycles. The molecule has 7 nitrogen and oxygen atoms in total. The lowest BCUT2D eigenvalue weighted by atomic mass is 9.76. The van der Waals surface area contributed by atoms with E-state index in [2.05, 4.69) is 35.6 Å². The normalized spacial score (nSPS) is 15.5. The van der Waals surface area contributed by atoms with Crippen molar-refractivity contribution < 1.29 is 9.32 Å². The molecule has 0 N–H and O–H groups in total. The molecule has 3 heterocycles. The zero-order valence-corrected chi connectivity index (χ0v) is 17.9. The van der Waals surface area contributed by atoms with Crippen LogP contribution in [0, 0.1) is 5.41 Å². The van der Waals surface area contributed by atoms with Crippen LogP contribution in [0.5, 0.6) is 0 Å². The van der Waals surface area contributed by atoms with Gasteiger partial charge in [-0.2, -0.15) is 10.1 Å². The third kappa shape index (κ3) is 2.96. The predicted octanol–water partition coefficient (Wildman–Crippen LogP) is 4.88. The summed E-state index contributed by atoms with van der Waals surface area (Å²) < 4.78 is 9.45. The summed E-state index contributed by atoms with van der Waals surface area (Å²) in [6.07, 6.45) is 5.57. The van der Waals surface area contributed by atoms with Crippen LogP contribution in [0.3, 0.4) is 0 Å². The second kappa shape index (κ2) is 6.80. The summed E-state index contributed by atoms with van der Waals surface area (Å²) >= 11 is 6.39. The van der Waals surface area contributed by atoms with E-state index in [0.717, 1.165) is 48.7 Å². The standard InChI is InChI=1S/C22H22ClN5O2/c1-4-28-18-10-22(2,3)8-7-14(18)19(25-28)20-24-21(26-30-20)27-11-16(23)15-9-13(12-29)5-6-17(15)27/h5-6,9,11-12H,4,7-8,10H2,1-3H3. The third-order valence-corrected chi connectivity index (χ3v) is 6.21. The first-order valence-corrected chi connectivity index (χ1v) is 10.5. The molecule has 30 heavy (non-hydrogen) atoms. The number of fused-ring (bicyclic) bond motifs is 2. The molecule has 0 unspecified atom stereocenters. The molecule has 0 bridgehead atoms. The van der Waals surface area contributed by atoms with E-state index in [9.17, 15) is 4.79 Å². The van der Waals surface area contributed by atoms with Crippen molar-refractivity contribution in [1.82, 2.24) is 24.5 Å². The predicted molar refractivity (Wildman–Crippen MR) is 114 cm³/mol. The highest BCUT2D eigenvalue weighted by Crippen LogP contribution is 2.39. The van der Waals surface area contributed by atoms with Crippen molar-refractivity contribution in [3.05, 3.63) is 46.2 Å². The van der Waals surface area contributed by atoms with Gasteiger partial charge in [0.05, 0.1) is 10.5 Å². The maximum atomic E-state index is 11.1. The van der Waals surface area contributed by atoms with Crippen LogP contribution in [-0.2, 0) is 19.4 Å². The van der Waals surface area contributed by atoms with Crippen molar-refractivity contribution in [2.75, 3.05) is 0 Å². The highest BCUT2D eigenvalue weighted by molar-refractivity contribution is 6.35. The number of aldehydes is 1. The quantitative estimate of drug-likeness (QED) is 0.437. The summed E-state index contributed by atoms with van der Waals surface area (Å²) in [4.78, 5) is 15.7. The molecule has 0 saturated carbocycles. The Morgan fingerprint density at radius 3 is 2.93 bits per heavy atom. The van der Waals surface area contributed by atoms with Crippen LogP contribution >= 0.6 is 11.6 Å². The van der Waals surface area contributed by atoms with Crippen LogP contribution in [-0.4, -0.2) is 30.8 Å². The highest BCUT2D eigenvalue weighted by Gasteiger charge is 2.32. The molecule has 0 atom stereocenters. The first-order chi connectivity index (χ1) is 14.4. The van der Waals surface area contributed by atoms with Gasteiger partial charge in [-0.1, -0.05) is 25.4 Å².